The van der Waals surface area contributed by atoms with Gasteiger partial charge in [0.1, 0.15) is 5.84 Å². The average molecular weight is 263 g/mol. The summed E-state index contributed by atoms with van der Waals surface area (Å²) in [4.78, 5) is 20.9. The van der Waals surface area contributed by atoms with Gasteiger partial charge in [-0.1, -0.05) is 32.1 Å². The second-order valence-corrected chi connectivity index (χ2v) is 4.92. The molecule has 0 bridgehead atoms. The van der Waals surface area contributed by atoms with Crippen LogP contribution in [0, 0.1) is 5.92 Å². The van der Waals surface area contributed by atoms with Crippen molar-refractivity contribution in [1.82, 2.24) is 4.90 Å². The molecule has 19 heavy (non-hydrogen) atoms. The summed E-state index contributed by atoms with van der Waals surface area (Å²) in [6, 6.07) is 0. The summed E-state index contributed by atoms with van der Waals surface area (Å²) in [5, 5.41) is 0. The number of nitrogens with zero attached hydrogens (tertiary/aromatic N) is 3. The average Bonchev–Trinajstić information content (AvgIpc) is 2.46. The van der Waals surface area contributed by atoms with Crippen LogP contribution in [-0.2, 0) is 4.79 Å². The second-order valence-electron chi connectivity index (χ2n) is 4.92. The second kappa shape index (κ2) is 9.48. The lowest BCUT2D eigenvalue weighted by atomic mass is 9.87. The third kappa shape index (κ3) is 5.81. The summed E-state index contributed by atoms with van der Waals surface area (Å²) >= 11 is 0. The first-order valence-electron chi connectivity index (χ1n) is 7.20. The molecule has 0 aromatic rings. The Morgan fingerprint density at radius 2 is 2.11 bits per heavy atom. The molecule has 0 atom stereocenters. The van der Waals surface area contributed by atoms with E-state index in [4.69, 9.17) is 0 Å². The van der Waals surface area contributed by atoms with Crippen molar-refractivity contribution in [2.45, 2.75) is 45.4 Å². The molecule has 1 fully saturated rings. The summed E-state index contributed by atoms with van der Waals surface area (Å²) in [5.41, 5.74) is 0. The van der Waals surface area contributed by atoms with E-state index in [9.17, 15) is 4.79 Å². The van der Waals surface area contributed by atoms with Gasteiger partial charge in [0, 0.05) is 19.3 Å². The SMILES string of the molecule is C=N/C=C\C(=NCC)N(C=O)CCC1CCCCC1. The van der Waals surface area contributed by atoms with Gasteiger partial charge in [-0.25, -0.2) is 0 Å². The Balaban J connectivity index is 2.53. The molecule has 0 aromatic heterocycles. The predicted octanol–water partition coefficient (Wildman–Crippen LogP) is 3.05. The van der Waals surface area contributed by atoms with Gasteiger partial charge in [0.05, 0.1) is 0 Å². The summed E-state index contributed by atoms with van der Waals surface area (Å²) in [6.07, 6.45) is 11.9. The topological polar surface area (TPSA) is 45.0 Å². The zero-order chi connectivity index (χ0) is 13.9. The third-order valence-electron chi connectivity index (χ3n) is 3.57. The van der Waals surface area contributed by atoms with Crippen molar-refractivity contribution in [2.24, 2.45) is 15.9 Å². The molecule has 1 aliphatic rings. The van der Waals surface area contributed by atoms with Gasteiger partial charge in [0.15, 0.2) is 0 Å². The molecule has 4 nitrogen and oxygen atoms in total. The molecule has 0 saturated heterocycles. The number of carbonyl (C=O) groups is 1. The Morgan fingerprint density at radius 3 is 2.68 bits per heavy atom. The minimum atomic E-state index is 0.657. The first-order valence-corrected chi connectivity index (χ1v) is 7.20. The standard InChI is InChI=1S/C15H25N3O/c1-3-17-15(9-11-16-2)18(13-19)12-10-14-7-5-4-6-8-14/h9,11,13-14H,2-8,10,12H2,1H3/b11-9-,17-15?. The number of rotatable bonds is 7. The quantitative estimate of drug-likeness (QED) is 0.395. The van der Waals surface area contributed by atoms with Gasteiger partial charge in [0.25, 0.3) is 0 Å². The Kier molecular flexibility index (Phi) is 7.78. The molecule has 0 radical (unpaired) electrons. The molecule has 0 heterocycles. The summed E-state index contributed by atoms with van der Waals surface area (Å²) < 4.78 is 0. The monoisotopic (exact) mass is 263 g/mol. The van der Waals surface area contributed by atoms with Crippen molar-refractivity contribution < 1.29 is 4.79 Å². The zero-order valence-electron chi connectivity index (χ0n) is 11.9. The van der Waals surface area contributed by atoms with E-state index in [1.165, 1.54) is 32.1 Å². The minimum absolute atomic E-state index is 0.657. The lowest BCUT2D eigenvalue weighted by Crippen LogP contribution is -2.31. The van der Waals surface area contributed by atoms with Crippen molar-refractivity contribution >= 4 is 19.0 Å². The van der Waals surface area contributed by atoms with Crippen LogP contribution in [0.3, 0.4) is 0 Å². The van der Waals surface area contributed by atoms with E-state index in [0.717, 1.165) is 25.3 Å². The van der Waals surface area contributed by atoms with Crippen LogP contribution in [0.2, 0.25) is 0 Å². The molecule has 1 rings (SSSR count). The van der Waals surface area contributed by atoms with Crippen LogP contribution in [0.5, 0.6) is 0 Å². The molecular weight excluding hydrogens is 238 g/mol. The molecule has 0 N–H and O–H groups in total. The highest BCUT2D eigenvalue weighted by atomic mass is 16.1. The van der Waals surface area contributed by atoms with Gasteiger partial charge in [-0.2, -0.15) is 0 Å². The van der Waals surface area contributed by atoms with E-state index in [1.54, 1.807) is 17.2 Å². The Hall–Kier alpha value is -1.45. The van der Waals surface area contributed by atoms with E-state index in [2.05, 4.69) is 16.7 Å². The van der Waals surface area contributed by atoms with Crippen molar-refractivity contribution in [1.29, 1.82) is 0 Å². The Morgan fingerprint density at radius 1 is 1.37 bits per heavy atom. The van der Waals surface area contributed by atoms with Crippen molar-refractivity contribution in [3.8, 4) is 0 Å². The fourth-order valence-corrected chi connectivity index (χ4v) is 2.54. The van der Waals surface area contributed by atoms with Crippen molar-refractivity contribution in [2.75, 3.05) is 13.1 Å². The molecule has 0 spiro atoms. The summed E-state index contributed by atoms with van der Waals surface area (Å²) in [7, 11) is 0. The number of hydrogen-bond donors (Lipinski definition) is 0. The van der Waals surface area contributed by atoms with E-state index in [0.29, 0.717) is 12.4 Å². The maximum Gasteiger partial charge on any atom is 0.215 e. The lowest BCUT2D eigenvalue weighted by Gasteiger charge is -2.24. The first-order chi connectivity index (χ1) is 9.31. The highest BCUT2D eigenvalue weighted by Gasteiger charge is 2.15. The van der Waals surface area contributed by atoms with E-state index >= 15 is 0 Å². The number of amidine groups is 1. The molecule has 0 aromatic carbocycles. The van der Waals surface area contributed by atoms with Gasteiger partial charge in [0.2, 0.25) is 6.41 Å². The molecule has 1 amide bonds. The van der Waals surface area contributed by atoms with Gasteiger partial charge in [-0.15, -0.1) is 0 Å². The molecular formula is C15H25N3O. The Bertz CT molecular complexity index is 330. The number of carbonyl (C=O) groups excluding carboxylic acids is 1. The maximum absolute atomic E-state index is 11.2. The maximum atomic E-state index is 11.2. The van der Waals surface area contributed by atoms with Crippen LogP contribution in [0.25, 0.3) is 0 Å². The van der Waals surface area contributed by atoms with Crippen LogP contribution in [0.15, 0.2) is 22.3 Å². The highest BCUT2D eigenvalue weighted by Crippen LogP contribution is 2.26. The molecule has 1 aliphatic carbocycles. The Labute approximate surface area is 116 Å². The van der Waals surface area contributed by atoms with Crippen LogP contribution < -0.4 is 0 Å². The van der Waals surface area contributed by atoms with E-state index < -0.39 is 0 Å². The molecule has 0 aliphatic heterocycles. The van der Waals surface area contributed by atoms with Gasteiger partial charge in [-0.3, -0.25) is 19.7 Å². The molecule has 4 heteroatoms. The third-order valence-corrected chi connectivity index (χ3v) is 3.57. The molecule has 106 valence electrons. The zero-order valence-corrected chi connectivity index (χ0v) is 11.9. The number of amides is 1. The fourth-order valence-electron chi connectivity index (χ4n) is 2.54. The van der Waals surface area contributed by atoms with Crippen LogP contribution in [0.4, 0.5) is 0 Å². The molecule has 0 unspecified atom stereocenters. The molecule has 1 saturated carbocycles. The van der Waals surface area contributed by atoms with E-state index in [-0.39, 0.29) is 0 Å². The van der Waals surface area contributed by atoms with Gasteiger partial charge < -0.3 is 0 Å². The van der Waals surface area contributed by atoms with Crippen LogP contribution in [0.1, 0.15) is 45.4 Å². The fraction of sp³-hybridized carbons (Fsp3) is 0.667. The largest absolute Gasteiger partial charge is 0.300 e. The summed E-state index contributed by atoms with van der Waals surface area (Å²) in [5.74, 6) is 1.45. The first kappa shape index (κ1) is 15.6. The smallest absolute Gasteiger partial charge is 0.215 e. The van der Waals surface area contributed by atoms with Gasteiger partial charge in [-0.05, 0) is 32.1 Å². The van der Waals surface area contributed by atoms with E-state index in [1.807, 2.05) is 6.92 Å². The normalized spacial score (nSPS) is 17.6. The highest BCUT2D eigenvalue weighted by molar-refractivity contribution is 5.99. The van der Waals surface area contributed by atoms with Gasteiger partial charge >= 0.3 is 0 Å². The number of aliphatic imine (C=N–C) groups is 2. The van der Waals surface area contributed by atoms with Crippen LogP contribution >= 0.6 is 0 Å². The minimum Gasteiger partial charge on any atom is -0.300 e. The van der Waals surface area contributed by atoms with Crippen molar-refractivity contribution in [3.05, 3.63) is 12.3 Å². The number of hydrogen-bond acceptors (Lipinski definition) is 3. The predicted molar refractivity (Wildman–Crippen MR) is 80.6 cm³/mol. The summed E-state index contributed by atoms with van der Waals surface area (Å²) in [6.45, 7) is 6.76. The van der Waals surface area contributed by atoms with Crippen LogP contribution in [-0.4, -0.2) is 37.0 Å². The lowest BCUT2D eigenvalue weighted by molar-refractivity contribution is -0.115. The van der Waals surface area contributed by atoms with Crippen molar-refractivity contribution in [3.63, 3.8) is 0 Å².